The highest BCUT2D eigenvalue weighted by atomic mass is 32.2. The molecule has 1 aliphatic rings. The van der Waals surface area contributed by atoms with E-state index >= 15 is 0 Å². The second-order valence-electron chi connectivity index (χ2n) is 3.90. The highest BCUT2D eigenvalue weighted by Gasteiger charge is 2.12. The maximum Gasteiger partial charge on any atom is 0.0141 e. The van der Waals surface area contributed by atoms with Crippen molar-refractivity contribution in [2.75, 3.05) is 25.4 Å². The van der Waals surface area contributed by atoms with Gasteiger partial charge in [0.25, 0.3) is 0 Å². The molecule has 1 saturated heterocycles. The van der Waals surface area contributed by atoms with Crippen molar-refractivity contribution < 1.29 is 0 Å². The summed E-state index contributed by atoms with van der Waals surface area (Å²) in [6, 6.07) is 0. The van der Waals surface area contributed by atoms with Gasteiger partial charge < -0.3 is 11.1 Å². The summed E-state index contributed by atoms with van der Waals surface area (Å²) in [5, 5.41) is 4.04. The third kappa shape index (κ3) is 4.89. The van der Waals surface area contributed by atoms with Crippen LogP contribution in [0.25, 0.3) is 0 Å². The quantitative estimate of drug-likeness (QED) is 0.709. The van der Waals surface area contributed by atoms with Gasteiger partial charge in [0, 0.05) is 11.8 Å². The SMILES string of the molecule is CC(CN)SCCC1CCNCC1. The van der Waals surface area contributed by atoms with E-state index in [1.807, 2.05) is 11.8 Å². The molecule has 3 heteroatoms. The third-order valence-corrected chi connectivity index (χ3v) is 3.95. The van der Waals surface area contributed by atoms with Crippen LogP contribution in [0.15, 0.2) is 0 Å². The minimum absolute atomic E-state index is 0.640. The molecular weight excluding hydrogens is 180 g/mol. The van der Waals surface area contributed by atoms with E-state index in [0.717, 1.165) is 12.5 Å². The second kappa shape index (κ2) is 6.68. The summed E-state index contributed by atoms with van der Waals surface area (Å²) in [6.07, 6.45) is 4.13. The highest BCUT2D eigenvalue weighted by Crippen LogP contribution is 2.20. The van der Waals surface area contributed by atoms with E-state index in [9.17, 15) is 0 Å². The Morgan fingerprint density at radius 2 is 2.15 bits per heavy atom. The first-order valence-corrected chi connectivity index (χ1v) is 6.40. The fraction of sp³-hybridized carbons (Fsp3) is 1.00. The van der Waals surface area contributed by atoms with Gasteiger partial charge in [0.15, 0.2) is 0 Å². The van der Waals surface area contributed by atoms with E-state index in [1.54, 1.807) is 0 Å². The Morgan fingerprint density at radius 1 is 1.46 bits per heavy atom. The molecule has 1 rings (SSSR count). The molecule has 3 N–H and O–H groups in total. The Balaban J connectivity index is 1.98. The fourth-order valence-electron chi connectivity index (χ4n) is 1.67. The molecule has 1 heterocycles. The highest BCUT2D eigenvalue weighted by molar-refractivity contribution is 7.99. The molecule has 0 aliphatic carbocycles. The van der Waals surface area contributed by atoms with Gasteiger partial charge in [0.05, 0.1) is 0 Å². The number of hydrogen-bond acceptors (Lipinski definition) is 3. The molecule has 0 bridgehead atoms. The van der Waals surface area contributed by atoms with Crippen molar-refractivity contribution in [1.29, 1.82) is 0 Å². The molecular formula is C10H22N2S. The van der Waals surface area contributed by atoms with Crippen molar-refractivity contribution in [2.24, 2.45) is 11.7 Å². The van der Waals surface area contributed by atoms with Crippen LogP contribution in [0.5, 0.6) is 0 Å². The molecule has 13 heavy (non-hydrogen) atoms. The van der Waals surface area contributed by atoms with E-state index in [0.29, 0.717) is 5.25 Å². The van der Waals surface area contributed by atoms with Gasteiger partial charge in [-0.15, -0.1) is 0 Å². The van der Waals surface area contributed by atoms with Gasteiger partial charge in [-0.3, -0.25) is 0 Å². The average Bonchev–Trinajstić information content (AvgIpc) is 2.19. The van der Waals surface area contributed by atoms with Gasteiger partial charge in [0.1, 0.15) is 0 Å². The molecule has 0 amide bonds. The first-order valence-electron chi connectivity index (χ1n) is 5.35. The van der Waals surface area contributed by atoms with Crippen LogP contribution in [0.4, 0.5) is 0 Å². The third-order valence-electron chi connectivity index (χ3n) is 2.72. The molecule has 1 fully saturated rings. The minimum Gasteiger partial charge on any atom is -0.329 e. The number of rotatable bonds is 5. The maximum absolute atomic E-state index is 5.56. The molecule has 0 spiro atoms. The molecule has 0 saturated carbocycles. The zero-order chi connectivity index (χ0) is 9.52. The lowest BCUT2D eigenvalue weighted by atomic mass is 9.96. The van der Waals surface area contributed by atoms with Crippen molar-refractivity contribution in [1.82, 2.24) is 5.32 Å². The van der Waals surface area contributed by atoms with Crippen molar-refractivity contribution in [3.05, 3.63) is 0 Å². The molecule has 0 aromatic heterocycles. The molecule has 0 radical (unpaired) electrons. The van der Waals surface area contributed by atoms with Gasteiger partial charge in [0.2, 0.25) is 0 Å². The first-order chi connectivity index (χ1) is 6.33. The number of thioether (sulfide) groups is 1. The molecule has 1 aliphatic heterocycles. The van der Waals surface area contributed by atoms with Crippen LogP contribution in [0, 0.1) is 5.92 Å². The van der Waals surface area contributed by atoms with Crippen LogP contribution >= 0.6 is 11.8 Å². The fourth-order valence-corrected chi connectivity index (χ4v) is 2.68. The summed E-state index contributed by atoms with van der Waals surface area (Å²) in [4.78, 5) is 0. The van der Waals surface area contributed by atoms with E-state index in [1.165, 1.54) is 38.1 Å². The zero-order valence-electron chi connectivity index (χ0n) is 8.59. The van der Waals surface area contributed by atoms with E-state index in [2.05, 4.69) is 12.2 Å². The van der Waals surface area contributed by atoms with Crippen LogP contribution < -0.4 is 11.1 Å². The minimum atomic E-state index is 0.640. The monoisotopic (exact) mass is 202 g/mol. The first kappa shape index (κ1) is 11.3. The van der Waals surface area contributed by atoms with E-state index in [4.69, 9.17) is 5.73 Å². The van der Waals surface area contributed by atoms with Gasteiger partial charge >= 0.3 is 0 Å². The largest absolute Gasteiger partial charge is 0.329 e. The molecule has 2 nitrogen and oxygen atoms in total. The second-order valence-corrected chi connectivity index (χ2v) is 5.45. The van der Waals surface area contributed by atoms with E-state index in [-0.39, 0.29) is 0 Å². The molecule has 0 aromatic carbocycles. The summed E-state index contributed by atoms with van der Waals surface area (Å²) in [5.41, 5.74) is 5.56. The predicted octanol–water partition coefficient (Wildman–Crippen LogP) is 1.46. The van der Waals surface area contributed by atoms with Gasteiger partial charge in [-0.2, -0.15) is 11.8 Å². The van der Waals surface area contributed by atoms with Gasteiger partial charge in [-0.1, -0.05) is 6.92 Å². The number of piperidine rings is 1. The van der Waals surface area contributed by atoms with Crippen LogP contribution in [-0.4, -0.2) is 30.6 Å². The zero-order valence-corrected chi connectivity index (χ0v) is 9.41. The maximum atomic E-state index is 5.56. The summed E-state index contributed by atoms with van der Waals surface area (Å²) in [5.74, 6) is 2.27. The summed E-state index contributed by atoms with van der Waals surface area (Å²) in [7, 11) is 0. The van der Waals surface area contributed by atoms with Crippen molar-refractivity contribution in [3.63, 3.8) is 0 Å². The Labute approximate surface area is 86.0 Å². The summed E-state index contributed by atoms with van der Waals surface area (Å²) < 4.78 is 0. The van der Waals surface area contributed by atoms with Crippen LogP contribution in [0.2, 0.25) is 0 Å². The normalized spacial score (nSPS) is 21.7. The van der Waals surface area contributed by atoms with Crippen molar-refractivity contribution in [3.8, 4) is 0 Å². The Morgan fingerprint density at radius 3 is 2.77 bits per heavy atom. The Bertz CT molecular complexity index is 124. The van der Waals surface area contributed by atoms with Crippen LogP contribution in [0.3, 0.4) is 0 Å². The van der Waals surface area contributed by atoms with Gasteiger partial charge in [-0.25, -0.2) is 0 Å². The molecule has 78 valence electrons. The van der Waals surface area contributed by atoms with Crippen molar-refractivity contribution >= 4 is 11.8 Å². The lowest BCUT2D eigenvalue weighted by Crippen LogP contribution is -2.28. The topological polar surface area (TPSA) is 38.0 Å². The van der Waals surface area contributed by atoms with Crippen LogP contribution in [-0.2, 0) is 0 Å². The lowest BCUT2D eigenvalue weighted by molar-refractivity contribution is 0.367. The predicted molar refractivity (Wildman–Crippen MR) is 61.2 cm³/mol. The smallest absolute Gasteiger partial charge is 0.0141 e. The number of nitrogens with two attached hydrogens (primary N) is 1. The Kier molecular flexibility index (Phi) is 5.83. The molecule has 1 atom stereocenters. The van der Waals surface area contributed by atoms with Gasteiger partial charge in [-0.05, 0) is 44.0 Å². The van der Waals surface area contributed by atoms with Crippen LogP contribution in [0.1, 0.15) is 26.2 Å². The molecule has 1 unspecified atom stereocenters. The van der Waals surface area contributed by atoms with Crippen molar-refractivity contribution in [2.45, 2.75) is 31.4 Å². The standard InChI is InChI=1S/C10H22N2S/c1-9(8-11)13-7-4-10-2-5-12-6-3-10/h9-10,12H,2-8,11H2,1H3. The number of hydrogen-bond donors (Lipinski definition) is 2. The number of nitrogens with one attached hydrogen (secondary N) is 1. The average molecular weight is 202 g/mol. The lowest BCUT2D eigenvalue weighted by Gasteiger charge is -2.22. The summed E-state index contributed by atoms with van der Waals surface area (Å²) in [6.45, 7) is 5.48. The summed E-state index contributed by atoms with van der Waals surface area (Å²) >= 11 is 2.02. The molecule has 0 aromatic rings. The Hall–Kier alpha value is 0.270. The van der Waals surface area contributed by atoms with E-state index < -0.39 is 0 Å².